The molecular formula is C44H28N4S3. The summed E-state index contributed by atoms with van der Waals surface area (Å²) in [6, 6.07) is 48.0. The highest BCUT2D eigenvalue weighted by atomic mass is 32.2. The van der Waals surface area contributed by atoms with Crippen molar-refractivity contribution in [1.82, 2.24) is 15.0 Å². The molecule has 2 atom stereocenters. The molecule has 7 heteroatoms. The summed E-state index contributed by atoms with van der Waals surface area (Å²) in [5.41, 5.74) is 8.79. The number of rotatable bonds is 5. The SMILES string of the molecule is C1=CC2c3c(c4ccccc4c4ccccc34)SC2C=C1N(c1ccc(-c2cc3sccc3s2)cc1)c1ccc(-n2nc3ccccc3n2)cc1. The molecule has 0 saturated carbocycles. The van der Waals surface area contributed by atoms with Crippen LogP contribution in [0.1, 0.15) is 11.5 Å². The first-order valence-electron chi connectivity index (χ1n) is 17.1. The number of hydrogen-bond donors (Lipinski definition) is 0. The summed E-state index contributed by atoms with van der Waals surface area (Å²) in [6.45, 7) is 0. The largest absolute Gasteiger partial charge is 0.311 e. The van der Waals surface area contributed by atoms with E-state index in [1.165, 1.54) is 57.5 Å². The first kappa shape index (κ1) is 29.3. The molecule has 3 aromatic heterocycles. The van der Waals surface area contributed by atoms with Gasteiger partial charge in [0.15, 0.2) is 0 Å². The number of nitrogens with zero attached hydrogens (tertiary/aromatic N) is 4. The number of fused-ring (bicyclic) bond motifs is 10. The van der Waals surface area contributed by atoms with Crippen molar-refractivity contribution in [2.45, 2.75) is 16.1 Å². The Labute approximate surface area is 306 Å². The lowest BCUT2D eigenvalue weighted by molar-refractivity contribution is 0.765. The van der Waals surface area contributed by atoms with Gasteiger partial charge in [-0.05, 0) is 111 Å². The average molecular weight is 709 g/mol. The van der Waals surface area contributed by atoms with E-state index in [4.69, 9.17) is 10.2 Å². The van der Waals surface area contributed by atoms with E-state index in [9.17, 15) is 0 Å². The maximum atomic E-state index is 4.72. The number of thioether (sulfide) groups is 1. The molecule has 4 heterocycles. The summed E-state index contributed by atoms with van der Waals surface area (Å²) in [7, 11) is 0. The standard InChI is InChI=1S/C44H28N4S3/c1-3-9-34-32(7-1)33-8-2-4-10-35(33)44-43(34)36-22-21-31(25-41(36)51-44)47(28-15-13-27(14-16-28)40-26-42-39(50-40)23-24-49-42)29-17-19-30(20-18-29)48-45-37-11-5-6-12-38(37)46-48/h1-26,36,41H. The fourth-order valence-electron chi connectivity index (χ4n) is 7.73. The van der Waals surface area contributed by atoms with Crippen LogP contribution in [0.15, 0.2) is 168 Å². The van der Waals surface area contributed by atoms with Crippen LogP contribution in [0, 0.1) is 0 Å². The number of aromatic nitrogens is 3. The third-order valence-corrected chi connectivity index (χ3v) is 13.6. The van der Waals surface area contributed by atoms with Crippen LogP contribution < -0.4 is 4.90 Å². The van der Waals surface area contributed by atoms with E-state index < -0.39 is 0 Å². The van der Waals surface area contributed by atoms with Gasteiger partial charge in [0, 0.05) is 47.4 Å². The maximum absolute atomic E-state index is 4.72. The zero-order valence-corrected chi connectivity index (χ0v) is 29.6. The fraction of sp³-hybridized carbons (Fsp3) is 0.0455. The normalized spacial score (nSPS) is 16.6. The average Bonchev–Trinajstić information content (AvgIpc) is 3.98. The molecule has 0 fully saturated rings. The van der Waals surface area contributed by atoms with Crippen LogP contribution >= 0.6 is 34.4 Å². The van der Waals surface area contributed by atoms with E-state index in [1.54, 1.807) is 16.1 Å². The third kappa shape index (κ3) is 4.73. The molecule has 1 aliphatic carbocycles. The van der Waals surface area contributed by atoms with E-state index in [0.29, 0.717) is 5.92 Å². The van der Waals surface area contributed by atoms with E-state index in [0.717, 1.165) is 28.1 Å². The minimum absolute atomic E-state index is 0.287. The zero-order chi connectivity index (χ0) is 33.5. The molecular weight excluding hydrogens is 681 g/mol. The van der Waals surface area contributed by atoms with E-state index in [2.05, 4.69) is 138 Å². The van der Waals surface area contributed by atoms with Gasteiger partial charge in [0.2, 0.25) is 0 Å². The smallest absolute Gasteiger partial charge is 0.113 e. The van der Waals surface area contributed by atoms with Crippen LogP contribution in [0.4, 0.5) is 11.4 Å². The predicted molar refractivity (Wildman–Crippen MR) is 217 cm³/mol. The van der Waals surface area contributed by atoms with Gasteiger partial charge < -0.3 is 4.90 Å². The molecule has 1 aliphatic heterocycles. The van der Waals surface area contributed by atoms with Crippen molar-refractivity contribution in [3.63, 3.8) is 0 Å². The summed E-state index contributed by atoms with van der Waals surface area (Å²) in [5, 5.41) is 17.3. The Bertz CT molecular complexity index is 2800. The van der Waals surface area contributed by atoms with Crippen LogP contribution in [0.3, 0.4) is 0 Å². The second-order valence-electron chi connectivity index (χ2n) is 13.0. The number of hydrogen-bond acceptors (Lipinski definition) is 6. The number of allylic oxidation sites excluding steroid dienone is 2. The molecule has 0 saturated heterocycles. The van der Waals surface area contributed by atoms with E-state index in [-0.39, 0.29) is 5.25 Å². The van der Waals surface area contributed by atoms with Gasteiger partial charge in [0.25, 0.3) is 0 Å². The molecule has 0 N–H and O–H groups in total. The molecule has 2 unspecified atom stereocenters. The van der Waals surface area contributed by atoms with Crippen LogP contribution in [0.2, 0.25) is 0 Å². The second-order valence-corrected chi connectivity index (χ2v) is 16.2. The quantitative estimate of drug-likeness (QED) is 0.167. The molecule has 0 bridgehead atoms. The van der Waals surface area contributed by atoms with Crippen molar-refractivity contribution >= 4 is 87.8 Å². The van der Waals surface area contributed by atoms with Gasteiger partial charge in [0.1, 0.15) is 11.0 Å². The van der Waals surface area contributed by atoms with Gasteiger partial charge in [-0.3, -0.25) is 0 Å². The monoisotopic (exact) mass is 708 g/mol. The van der Waals surface area contributed by atoms with Crippen molar-refractivity contribution in [2.75, 3.05) is 4.90 Å². The zero-order valence-electron chi connectivity index (χ0n) is 27.2. The van der Waals surface area contributed by atoms with Crippen LogP contribution in [-0.4, -0.2) is 20.2 Å². The Morgan fingerprint density at radius 2 is 1.27 bits per heavy atom. The predicted octanol–water partition coefficient (Wildman–Crippen LogP) is 12.5. The minimum Gasteiger partial charge on any atom is -0.311 e. The van der Waals surface area contributed by atoms with Gasteiger partial charge in [-0.15, -0.1) is 44.6 Å². The molecule has 242 valence electrons. The van der Waals surface area contributed by atoms with Crippen molar-refractivity contribution in [3.05, 3.63) is 168 Å². The highest BCUT2D eigenvalue weighted by molar-refractivity contribution is 8.00. The first-order chi connectivity index (χ1) is 25.2. The number of benzene rings is 6. The second kappa shape index (κ2) is 11.5. The molecule has 0 amide bonds. The van der Waals surface area contributed by atoms with Gasteiger partial charge in [-0.2, -0.15) is 4.80 Å². The topological polar surface area (TPSA) is 34.0 Å². The fourth-order valence-corrected chi connectivity index (χ4v) is 11.4. The minimum atomic E-state index is 0.287. The summed E-state index contributed by atoms with van der Waals surface area (Å²) in [5.74, 6) is 0.308. The summed E-state index contributed by atoms with van der Waals surface area (Å²) < 4.78 is 2.70. The van der Waals surface area contributed by atoms with Crippen molar-refractivity contribution in [3.8, 4) is 16.1 Å². The molecule has 0 radical (unpaired) electrons. The van der Waals surface area contributed by atoms with E-state index in [1.807, 2.05) is 47.4 Å². The molecule has 51 heavy (non-hydrogen) atoms. The summed E-state index contributed by atoms with van der Waals surface area (Å²) >= 11 is 5.67. The molecule has 2 aliphatic rings. The number of anilines is 2. The van der Waals surface area contributed by atoms with Gasteiger partial charge in [0.05, 0.1) is 5.69 Å². The number of thiophene rings is 2. The first-order valence-corrected chi connectivity index (χ1v) is 19.6. The van der Waals surface area contributed by atoms with Crippen molar-refractivity contribution in [1.29, 1.82) is 0 Å². The van der Waals surface area contributed by atoms with Gasteiger partial charge in [-0.25, -0.2) is 0 Å². The molecule has 9 aromatic rings. The van der Waals surface area contributed by atoms with E-state index >= 15 is 0 Å². The van der Waals surface area contributed by atoms with Crippen LogP contribution in [0.25, 0.3) is 58.1 Å². The molecule has 4 nitrogen and oxygen atoms in total. The van der Waals surface area contributed by atoms with Crippen molar-refractivity contribution < 1.29 is 0 Å². The van der Waals surface area contributed by atoms with Crippen molar-refractivity contribution in [2.24, 2.45) is 0 Å². The lowest BCUT2D eigenvalue weighted by atomic mass is 9.86. The maximum Gasteiger partial charge on any atom is 0.113 e. The van der Waals surface area contributed by atoms with Gasteiger partial charge in [-0.1, -0.05) is 78.9 Å². The highest BCUT2D eigenvalue weighted by Gasteiger charge is 2.36. The molecule has 11 rings (SSSR count). The molecule has 0 spiro atoms. The Kier molecular flexibility index (Phi) is 6.62. The van der Waals surface area contributed by atoms with Crippen LogP contribution in [0.5, 0.6) is 0 Å². The summed E-state index contributed by atoms with van der Waals surface area (Å²) in [6.07, 6.45) is 7.25. The Morgan fingerprint density at radius 3 is 2.00 bits per heavy atom. The summed E-state index contributed by atoms with van der Waals surface area (Å²) in [4.78, 5) is 6.83. The lowest BCUT2D eigenvalue weighted by Crippen LogP contribution is -2.20. The molecule has 6 aromatic carbocycles. The van der Waals surface area contributed by atoms with Crippen LogP contribution in [-0.2, 0) is 0 Å². The van der Waals surface area contributed by atoms with Gasteiger partial charge >= 0.3 is 0 Å². The Hall–Kier alpha value is -5.47. The Balaban J connectivity index is 1.00. The Morgan fingerprint density at radius 1 is 0.627 bits per heavy atom. The third-order valence-electron chi connectivity index (χ3n) is 10.1. The lowest BCUT2D eigenvalue weighted by Gasteiger charge is -2.30. The highest BCUT2D eigenvalue weighted by Crippen LogP contribution is 2.55.